The predicted octanol–water partition coefficient (Wildman–Crippen LogP) is 7.47. The minimum Gasteiger partial charge on any atom is -0.494 e. The molecule has 0 bridgehead atoms. The molecule has 0 radical (unpaired) electrons. The van der Waals surface area contributed by atoms with Gasteiger partial charge in [-0.15, -0.1) is 0 Å². The first-order valence-corrected chi connectivity index (χ1v) is 13.7. The van der Waals surface area contributed by atoms with E-state index < -0.39 is 5.41 Å². The summed E-state index contributed by atoms with van der Waals surface area (Å²) in [5, 5.41) is 7.57. The quantitative estimate of drug-likeness (QED) is 0.231. The van der Waals surface area contributed by atoms with E-state index in [9.17, 15) is 4.79 Å². The van der Waals surface area contributed by atoms with Gasteiger partial charge in [0, 0.05) is 34.0 Å². The van der Waals surface area contributed by atoms with Gasteiger partial charge in [-0.1, -0.05) is 44.5 Å². The fourth-order valence-corrected chi connectivity index (χ4v) is 5.20. The molecule has 1 saturated heterocycles. The molecule has 9 heteroatoms. The van der Waals surface area contributed by atoms with Gasteiger partial charge in [-0.05, 0) is 73.2 Å². The zero-order valence-corrected chi connectivity index (χ0v) is 24.6. The normalized spacial score (nSPS) is 17.1. The van der Waals surface area contributed by atoms with Crippen LogP contribution in [0.1, 0.15) is 49.9 Å². The lowest BCUT2D eigenvalue weighted by Gasteiger charge is -2.27. The number of benzene rings is 2. The molecule has 0 spiro atoms. The number of hydrogen-bond donors (Lipinski definition) is 2. The molecule has 40 heavy (non-hydrogen) atoms. The van der Waals surface area contributed by atoms with Gasteiger partial charge in [-0.3, -0.25) is 9.78 Å². The van der Waals surface area contributed by atoms with Crippen molar-refractivity contribution in [2.75, 3.05) is 17.3 Å². The molecule has 1 fully saturated rings. The molecule has 1 amide bonds. The van der Waals surface area contributed by atoms with Gasteiger partial charge >= 0.3 is 0 Å². The van der Waals surface area contributed by atoms with Crippen LogP contribution in [-0.2, 0) is 4.79 Å². The largest absolute Gasteiger partial charge is 0.494 e. The van der Waals surface area contributed by atoms with Crippen LogP contribution in [0.4, 0.5) is 11.4 Å². The number of methoxy groups -OCH3 is 1. The number of carbonyl (C=O) groups excluding carboxylic acids is 1. The maximum atomic E-state index is 12.7. The number of thiocarbonyl (C=S) groups is 1. The Balaban J connectivity index is 1.57. The van der Waals surface area contributed by atoms with E-state index in [1.54, 1.807) is 13.3 Å². The molecule has 0 saturated carbocycles. The molecule has 0 unspecified atom stereocenters. The first-order chi connectivity index (χ1) is 19.1. The third-order valence-corrected chi connectivity index (χ3v) is 7.42. The van der Waals surface area contributed by atoms with Crippen molar-refractivity contribution in [2.45, 2.75) is 39.8 Å². The van der Waals surface area contributed by atoms with Gasteiger partial charge in [0.1, 0.15) is 23.3 Å². The fraction of sp³-hybridized carbons (Fsp3) is 0.258. The summed E-state index contributed by atoms with van der Waals surface area (Å²) in [5.41, 5.74) is 3.62. The topological polar surface area (TPSA) is 79.6 Å². The lowest BCUT2D eigenvalue weighted by molar-refractivity contribution is -0.123. The zero-order chi connectivity index (χ0) is 28.6. The Kier molecular flexibility index (Phi) is 7.57. The molecule has 206 valence electrons. The highest BCUT2D eigenvalue weighted by Gasteiger charge is 2.43. The number of rotatable bonds is 6. The summed E-state index contributed by atoms with van der Waals surface area (Å²) in [6, 6.07) is 20.4. The second-order valence-corrected chi connectivity index (χ2v) is 11.6. The van der Waals surface area contributed by atoms with Gasteiger partial charge < -0.3 is 24.7 Å². The summed E-state index contributed by atoms with van der Waals surface area (Å²) >= 11 is 12.2. The number of pyridine rings is 1. The Hall–Kier alpha value is -3.88. The summed E-state index contributed by atoms with van der Waals surface area (Å²) in [4.78, 5) is 19.3. The molecule has 3 heterocycles. The summed E-state index contributed by atoms with van der Waals surface area (Å²) in [6.45, 7) is 7.61. The molecular weight excluding hydrogens is 544 g/mol. The second-order valence-electron chi connectivity index (χ2n) is 10.7. The van der Waals surface area contributed by atoms with Crippen molar-refractivity contribution in [3.63, 3.8) is 0 Å². The van der Waals surface area contributed by atoms with Crippen molar-refractivity contribution in [3.8, 4) is 17.1 Å². The molecule has 0 aliphatic carbocycles. The molecule has 7 nitrogen and oxygen atoms in total. The zero-order valence-electron chi connectivity index (χ0n) is 23.0. The molecule has 4 aromatic rings. The molecular formula is C31H31ClN4O3S. The van der Waals surface area contributed by atoms with Crippen molar-refractivity contribution < 1.29 is 13.9 Å². The van der Waals surface area contributed by atoms with Gasteiger partial charge in [-0.2, -0.15) is 0 Å². The average Bonchev–Trinajstić information content (AvgIpc) is 3.55. The second kappa shape index (κ2) is 10.9. The number of anilines is 2. The average molecular weight is 575 g/mol. The molecule has 5 rings (SSSR count). The number of aryl methyl sites for hydroxylation is 1. The van der Waals surface area contributed by atoms with Crippen LogP contribution in [0.2, 0.25) is 5.02 Å². The van der Waals surface area contributed by atoms with E-state index in [1.165, 1.54) is 0 Å². The summed E-state index contributed by atoms with van der Waals surface area (Å²) in [7, 11) is 1.58. The highest BCUT2D eigenvalue weighted by Crippen LogP contribution is 2.44. The molecule has 2 atom stereocenters. The van der Waals surface area contributed by atoms with E-state index in [1.807, 2.05) is 99.3 Å². The number of ether oxygens (including phenoxy) is 1. The number of nitrogens with one attached hydrogen (secondary N) is 2. The van der Waals surface area contributed by atoms with E-state index in [0.717, 1.165) is 22.5 Å². The number of carbonyl (C=O) groups is 1. The number of aromatic nitrogens is 1. The van der Waals surface area contributed by atoms with Crippen LogP contribution < -0.4 is 20.3 Å². The standard InChI is InChI=1S/C31H31ClN4O3S/c1-18-9-10-19(32)16-21(18)24-13-14-25(39-24)28-27(23-8-6-7-15-33-23)35-30(40)36(28)20-11-12-22(26(17-20)38-5)34-29(37)31(2,3)4/h6-17,27-28H,1-5H3,(H,34,37)(H,35,40)/t27-,28+/m1/s1. The van der Waals surface area contributed by atoms with Crippen LogP contribution in [0, 0.1) is 12.3 Å². The lowest BCUT2D eigenvalue weighted by Crippen LogP contribution is -2.30. The Morgan fingerprint density at radius 2 is 1.93 bits per heavy atom. The smallest absolute Gasteiger partial charge is 0.229 e. The van der Waals surface area contributed by atoms with Gasteiger partial charge in [0.25, 0.3) is 0 Å². The van der Waals surface area contributed by atoms with Crippen LogP contribution in [0.5, 0.6) is 5.75 Å². The van der Waals surface area contributed by atoms with Crippen molar-refractivity contribution in [2.24, 2.45) is 5.41 Å². The van der Waals surface area contributed by atoms with Gasteiger partial charge in [0.15, 0.2) is 5.11 Å². The minimum atomic E-state index is -0.552. The number of amides is 1. The summed E-state index contributed by atoms with van der Waals surface area (Å²) in [6.07, 6.45) is 1.76. The summed E-state index contributed by atoms with van der Waals surface area (Å²) in [5.74, 6) is 1.84. The SMILES string of the molecule is COc1cc(N2C(=S)N[C@H](c3ccccn3)[C@@H]2c2ccc(-c3cc(Cl)ccc3C)o2)ccc1NC(=O)C(C)(C)C. The van der Waals surface area contributed by atoms with Crippen LogP contribution in [0.15, 0.2) is 77.3 Å². The summed E-state index contributed by atoms with van der Waals surface area (Å²) < 4.78 is 12.2. The Morgan fingerprint density at radius 1 is 1.12 bits per heavy atom. The first-order valence-electron chi connectivity index (χ1n) is 12.9. The number of hydrogen-bond acceptors (Lipinski definition) is 5. The van der Waals surface area contributed by atoms with Crippen LogP contribution in [0.25, 0.3) is 11.3 Å². The monoisotopic (exact) mass is 574 g/mol. The van der Waals surface area contributed by atoms with E-state index in [-0.39, 0.29) is 18.0 Å². The highest BCUT2D eigenvalue weighted by molar-refractivity contribution is 7.80. The maximum Gasteiger partial charge on any atom is 0.229 e. The van der Waals surface area contributed by atoms with Crippen molar-refractivity contribution in [1.82, 2.24) is 10.3 Å². The van der Waals surface area contributed by atoms with Gasteiger partial charge in [0.05, 0.1) is 24.5 Å². The first kappa shape index (κ1) is 27.7. The van der Waals surface area contributed by atoms with Gasteiger partial charge in [0.2, 0.25) is 5.91 Å². The van der Waals surface area contributed by atoms with Crippen LogP contribution >= 0.6 is 23.8 Å². The number of nitrogens with zero attached hydrogens (tertiary/aromatic N) is 2. The minimum absolute atomic E-state index is 0.107. The Labute approximate surface area is 244 Å². The maximum absolute atomic E-state index is 12.7. The van der Waals surface area contributed by atoms with Crippen molar-refractivity contribution in [3.05, 3.63) is 95.0 Å². The van der Waals surface area contributed by atoms with E-state index in [0.29, 0.717) is 33.1 Å². The predicted molar refractivity (Wildman–Crippen MR) is 163 cm³/mol. The van der Waals surface area contributed by atoms with Crippen molar-refractivity contribution >= 4 is 46.2 Å². The van der Waals surface area contributed by atoms with Crippen molar-refractivity contribution in [1.29, 1.82) is 0 Å². The number of furan rings is 1. The fourth-order valence-electron chi connectivity index (χ4n) is 4.68. The third-order valence-electron chi connectivity index (χ3n) is 6.87. The molecule has 2 aromatic carbocycles. The molecule has 2 N–H and O–H groups in total. The van der Waals surface area contributed by atoms with Crippen LogP contribution in [0.3, 0.4) is 0 Å². The van der Waals surface area contributed by atoms with E-state index in [2.05, 4.69) is 15.6 Å². The Bertz CT molecular complexity index is 1560. The van der Waals surface area contributed by atoms with E-state index in [4.69, 9.17) is 33.0 Å². The van der Waals surface area contributed by atoms with E-state index >= 15 is 0 Å². The molecule has 1 aliphatic heterocycles. The third kappa shape index (κ3) is 5.42. The molecule has 2 aromatic heterocycles. The highest BCUT2D eigenvalue weighted by atomic mass is 35.5. The van der Waals surface area contributed by atoms with Gasteiger partial charge in [-0.25, -0.2) is 0 Å². The molecule has 1 aliphatic rings. The number of halogens is 1. The Morgan fingerprint density at radius 3 is 2.62 bits per heavy atom. The van der Waals surface area contributed by atoms with Crippen LogP contribution in [-0.4, -0.2) is 23.1 Å². The lowest BCUT2D eigenvalue weighted by atomic mass is 9.95.